The number of halogens is 1. The zero-order valence-electron chi connectivity index (χ0n) is 16.1. The van der Waals surface area contributed by atoms with Gasteiger partial charge in [-0.25, -0.2) is 8.42 Å². The summed E-state index contributed by atoms with van der Waals surface area (Å²) in [5, 5.41) is 3.32. The Hall–Kier alpha value is -0.0900. The van der Waals surface area contributed by atoms with E-state index in [2.05, 4.69) is 22.0 Å². The summed E-state index contributed by atoms with van der Waals surface area (Å²) in [6, 6.07) is 0. The molecule has 8 heteroatoms. The largest absolute Gasteiger partial charge is 0.357 e. The van der Waals surface area contributed by atoms with Gasteiger partial charge in [-0.3, -0.25) is 4.99 Å². The highest BCUT2D eigenvalue weighted by Crippen LogP contribution is 2.23. The molecule has 2 fully saturated rings. The van der Waals surface area contributed by atoms with Gasteiger partial charge in [0.15, 0.2) is 15.8 Å². The molecule has 1 N–H and O–H groups in total. The summed E-state index contributed by atoms with van der Waals surface area (Å²) in [5.41, 5.74) is 0. The molecule has 0 amide bonds. The fourth-order valence-corrected chi connectivity index (χ4v) is 4.70. The predicted molar refractivity (Wildman–Crippen MR) is 116 cm³/mol. The van der Waals surface area contributed by atoms with Gasteiger partial charge in [-0.2, -0.15) is 0 Å². The van der Waals surface area contributed by atoms with Crippen LogP contribution >= 0.6 is 24.0 Å². The van der Waals surface area contributed by atoms with Crippen LogP contribution in [0, 0.1) is 5.92 Å². The van der Waals surface area contributed by atoms with Gasteiger partial charge in [0, 0.05) is 26.2 Å². The van der Waals surface area contributed by atoms with Crippen molar-refractivity contribution in [2.24, 2.45) is 10.9 Å². The Morgan fingerprint density at radius 2 is 1.88 bits per heavy atom. The van der Waals surface area contributed by atoms with E-state index in [0.29, 0.717) is 13.1 Å². The number of sulfone groups is 1. The molecule has 25 heavy (non-hydrogen) atoms. The summed E-state index contributed by atoms with van der Waals surface area (Å²) in [6.45, 7) is 13.9. The monoisotopic (exact) mass is 486 g/mol. The zero-order chi connectivity index (χ0) is 17.8. The van der Waals surface area contributed by atoms with Crippen molar-refractivity contribution in [3.63, 3.8) is 0 Å². The molecule has 0 radical (unpaired) electrons. The van der Waals surface area contributed by atoms with Crippen LogP contribution in [-0.2, 0) is 9.84 Å². The molecule has 0 atom stereocenters. The number of hydrogen-bond acceptors (Lipinski definition) is 4. The molecule has 0 aromatic heterocycles. The Kier molecular flexibility index (Phi) is 8.93. The lowest BCUT2D eigenvalue weighted by molar-refractivity contribution is 0.197. The molecule has 0 aromatic rings. The van der Waals surface area contributed by atoms with Crippen LogP contribution < -0.4 is 5.32 Å². The van der Waals surface area contributed by atoms with Crippen molar-refractivity contribution in [3.8, 4) is 0 Å². The molecule has 148 valence electrons. The average molecular weight is 486 g/mol. The van der Waals surface area contributed by atoms with Crippen molar-refractivity contribution in [2.45, 2.75) is 45.3 Å². The van der Waals surface area contributed by atoms with E-state index in [0.717, 1.165) is 31.5 Å². The van der Waals surface area contributed by atoms with E-state index in [1.807, 2.05) is 20.8 Å². The molecule has 2 saturated heterocycles. The third-order valence-corrected chi connectivity index (χ3v) is 7.76. The highest BCUT2D eigenvalue weighted by molar-refractivity contribution is 14.0. The molecule has 0 saturated carbocycles. The first-order valence-corrected chi connectivity index (χ1v) is 10.9. The van der Waals surface area contributed by atoms with Crippen molar-refractivity contribution in [3.05, 3.63) is 0 Å². The molecule has 2 rings (SSSR count). The van der Waals surface area contributed by atoms with Crippen LogP contribution in [0.15, 0.2) is 4.99 Å². The van der Waals surface area contributed by atoms with Crippen LogP contribution in [0.25, 0.3) is 0 Å². The summed E-state index contributed by atoms with van der Waals surface area (Å²) < 4.78 is 23.6. The number of aliphatic imine (C=N–C) groups is 1. The lowest BCUT2D eigenvalue weighted by atomic mass is 9.99. The number of nitrogens with zero attached hydrogens (tertiary/aromatic N) is 3. The molecule has 0 spiro atoms. The first-order chi connectivity index (χ1) is 11.2. The smallest absolute Gasteiger partial charge is 0.194 e. The Morgan fingerprint density at radius 3 is 2.44 bits per heavy atom. The third kappa shape index (κ3) is 6.23. The number of rotatable bonds is 4. The van der Waals surface area contributed by atoms with Crippen LogP contribution in [-0.4, -0.2) is 80.5 Å². The Labute approximate surface area is 170 Å². The van der Waals surface area contributed by atoms with E-state index in [-0.39, 0.29) is 29.7 Å². The second-order valence-corrected chi connectivity index (χ2v) is 10.5. The maximum atomic E-state index is 12.2. The van der Waals surface area contributed by atoms with Gasteiger partial charge in [0.05, 0.1) is 17.0 Å². The van der Waals surface area contributed by atoms with Crippen LogP contribution in [0.1, 0.15) is 40.5 Å². The van der Waals surface area contributed by atoms with Crippen molar-refractivity contribution in [1.82, 2.24) is 15.1 Å². The number of nitrogens with one attached hydrogen (secondary N) is 1. The average Bonchev–Trinajstić information content (AvgIpc) is 2.51. The number of hydrogen-bond donors (Lipinski definition) is 1. The SMILES string of the molecule is CCNC(=NCCN1CCC(C)CC1)N1CCS(=O)(=O)C(C)(C)C1.I. The number of guanidine groups is 1. The number of piperidine rings is 1. The Balaban J connectivity index is 0.00000312. The normalized spacial score (nSPS) is 24.6. The molecular formula is C17H35IN4O2S. The standard InChI is InChI=1S/C17H34N4O2S.HI/c1-5-18-16(19-8-11-20-9-6-15(2)7-10-20)21-12-13-24(22,23)17(3,4)14-21;/h15H,5-14H2,1-4H3,(H,18,19);1H. The molecule has 6 nitrogen and oxygen atoms in total. The van der Waals surface area contributed by atoms with Crippen LogP contribution in [0.2, 0.25) is 0 Å². The number of likely N-dealkylation sites (tertiary alicyclic amines) is 1. The lowest BCUT2D eigenvalue weighted by Gasteiger charge is -2.39. The minimum absolute atomic E-state index is 0. The molecule has 0 bridgehead atoms. The minimum Gasteiger partial charge on any atom is -0.357 e. The van der Waals surface area contributed by atoms with Crippen LogP contribution in [0.5, 0.6) is 0 Å². The van der Waals surface area contributed by atoms with Gasteiger partial charge in [0.2, 0.25) is 0 Å². The summed E-state index contributed by atoms with van der Waals surface area (Å²) in [5.74, 6) is 1.90. The van der Waals surface area contributed by atoms with Crippen molar-refractivity contribution < 1.29 is 8.42 Å². The van der Waals surface area contributed by atoms with Gasteiger partial charge in [0.1, 0.15) is 0 Å². The minimum atomic E-state index is -3.02. The topological polar surface area (TPSA) is 65.0 Å². The van der Waals surface area contributed by atoms with Gasteiger partial charge in [-0.15, -0.1) is 24.0 Å². The maximum absolute atomic E-state index is 12.2. The fourth-order valence-electron chi connectivity index (χ4n) is 3.33. The zero-order valence-corrected chi connectivity index (χ0v) is 19.3. The van der Waals surface area contributed by atoms with E-state index in [4.69, 9.17) is 4.99 Å². The second-order valence-electron chi connectivity index (χ2n) is 7.76. The summed E-state index contributed by atoms with van der Waals surface area (Å²) in [4.78, 5) is 9.34. The van der Waals surface area contributed by atoms with E-state index in [1.165, 1.54) is 25.9 Å². The first-order valence-electron chi connectivity index (χ1n) is 9.23. The van der Waals surface area contributed by atoms with E-state index < -0.39 is 14.6 Å². The van der Waals surface area contributed by atoms with Crippen molar-refractivity contribution in [2.75, 3.05) is 51.6 Å². The Morgan fingerprint density at radius 1 is 1.24 bits per heavy atom. The molecular weight excluding hydrogens is 451 g/mol. The molecule has 0 aliphatic carbocycles. The highest BCUT2D eigenvalue weighted by Gasteiger charge is 2.40. The van der Waals surface area contributed by atoms with E-state index in [9.17, 15) is 8.42 Å². The molecule has 2 heterocycles. The highest BCUT2D eigenvalue weighted by atomic mass is 127. The second kappa shape index (κ2) is 9.73. The van der Waals surface area contributed by atoms with Gasteiger partial charge >= 0.3 is 0 Å². The molecule has 2 aliphatic heterocycles. The van der Waals surface area contributed by atoms with Gasteiger partial charge in [-0.05, 0) is 52.6 Å². The van der Waals surface area contributed by atoms with Crippen molar-refractivity contribution in [1.29, 1.82) is 0 Å². The summed E-state index contributed by atoms with van der Waals surface area (Å²) in [7, 11) is -3.02. The molecule has 2 aliphatic rings. The van der Waals surface area contributed by atoms with Gasteiger partial charge < -0.3 is 15.1 Å². The van der Waals surface area contributed by atoms with Crippen LogP contribution in [0.4, 0.5) is 0 Å². The lowest BCUT2D eigenvalue weighted by Crippen LogP contribution is -2.57. The van der Waals surface area contributed by atoms with Crippen LogP contribution in [0.3, 0.4) is 0 Å². The third-order valence-electron chi connectivity index (χ3n) is 5.23. The van der Waals surface area contributed by atoms with E-state index >= 15 is 0 Å². The first kappa shape index (κ1) is 23.0. The van der Waals surface area contributed by atoms with Gasteiger partial charge in [-0.1, -0.05) is 6.92 Å². The summed E-state index contributed by atoms with van der Waals surface area (Å²) >= 11 is 0. The summed E-state index contributed by atoms with van der Waals surface area (Å²) in [6.07, 6.45) is 2.56. The van der Waals surface area contributed by atoms with Gasteiger partial charge in [0.25, 0.3) is 0 Å². The van der Waals surface area contributed by atoms with E-state index in [1.54, 1.807) is 0 Å². The quantitative estimate of drug-likeness (QED) is 0.373. The fraction of sp³-hybridized carbons (Fsp3) is 0.941. The molecule has 0 unspecified atom stereocenters. The maximum Gasteiger partial charge on any atom is 0.194 e. The Bertz CT molecular complexity index is 543. The molecule has 0 aromatic carbocycles. The predicted octanol–water partition coefficient (Wildman–Crippen LogP) is 1.81. The van der Waals surface area contributed by atoms with Crippen molar-refractivity contribution >= 4 is 39.8 Å².